The topological polar surface area (TPSA) is 115 Å². The fourth-order valence-corrected chi connectivity index (χ4v) is 5.09. The summed E-state index contributed by atoms with van der Waals surface area (Å²) in [4.78, 5) is -1.08. The fraction of sp³-hybridized carbons (Fsp3) is 0.316. The number of hydrogen-bond acceptors (Lipinski definition) is 5. The van der Waals surface area contributed by atoms with Gasteiger partial charge in [-0.25, -0.2) is 13.6 Å². The first kappa shape index (κ1) is 21.4. The van der Waals surface area contributed by atoms with Crippen LogP contribution in [0.4, 0.5) is 13.2 Å². The first-order chi connectivity index (χ1) is 14.4. The molecule has 1 aliphatic heterocycles. The number of quaternary nitrogens is 1. The Labute approximate surface area is 176 Å². The normalized spacial score (nSPS) is 16.8. The lowest BCUT2D eigenvalue weighted by molar-refractivity contribution is -0.932. The molecule has 0 unspecified atom stereocenters. The number of benzene rings is 2. The number of halogens is 3. The van der Waals surface area contributed by atoms with Gasteiger partial charge in [-0.15, -0.1) is 10.2 Å². The van der Waals surface area contributed by atoms with Gasteiger partial charge >= 0.3 is 6.18 Å². The highest BCUT2D eigenvalue weighted by Gasteiger charge is 2.40. The minimum absolute atomic E-state index is 0.203. The lowest BCUT2D eigenvalue weighted by atomic mass is 9.88. The molecule has 8 nitrogen and oxygen atoms in total. The Hall–Kier alpha value is -2.83. The molecule has 31 heavy (non-hydrogen) atoms. The molecule has 2 aromatic carbocycles. The third-order valence-electron chi connectivity index (χ3n) is 5.44. The van der Waals surface area contributed by atoms with Crippen molar-refractivity contribution < 1.29 is 26.1 Å². The number of tetrazole rings is 1. The van der Waals surface area contributed by atoms with Gasteiger partial charge in [-0.2, -0.15) is 18.4 Å². The molecule has 1 fully saturated rings. The number of nitrogens with two attached hydrogens (primary N) is 1. The highest BCUT2D eigenvalue weighted by molar-refractivity contribution is 7.89. The van der Waals surface area contributed by atoms with Crippen LogP contribution in [-0.4, -0.2) is 60.7 Å². The second kappa shape index (κ2) is 7.11. The number of nitrogens with zero attached hydrogens (tertiary/aromatic N) is 4. The van der Waals surface area contributed by atoms with Crippen LogP contribution in [0, 0.1) is 0 Å². The number of aromatic amines is 1. The van der Waals surface area contributed by atoms with Gasteiger partial charge in [-0.1, -0.05) is 30.3 Å². The minimum Gasteiger partial charge on any atom is -0.327 e. The third-order valence-corrected chi connectivity index (χ3v) is 6.43. The summed E-state index contributed by atoms with van der Waals surface area (Å²) < 4.78 is 66.2. The Balaban J connectivity index is 1.89. The summed E-state index contributed by atoms with van der Waals surface area (Å²) in [7, 11) is -0.501. The van der Waals surface area contributed by atoms with Gasteiger partial charge in [0.05, 0.1) is 44.2 Å². The van der Waals surface area contributed by atoms with Crippen LogP contribution < -0.4 is 5.14 Å². The van der Waals surface area contributed by atoms with Gasteiger partial charge in [0, 0.05) is 0 Å². The van der Waals surface area contributed by atoms with Gasteiger partial charge in [-0.3, -0.25) is 0 Å². The van der Waals surface area contributed by atoms with Gasteiger partial charge in [0.15, 0.2) is 0 Å². The number of likely N-dealkylation sites (N-methyl/N-ethyl adjacent to an activating group) is 1. The number of likely N-dealkylation sites (tertiary alicyclic amines) is 1. The van der Waals surface area contributed by atoms with Gasteiger partial charge in [0.2, 0.25) is 15.8 Å². The van der Waals surface area contributed by atoms with E-state index in [0.29, 0.717) is 17.5 Å². The fourth-order valence-electron chi connectivity index (χ4n) is 4.12. The van der Waals surface area contributed by atoms with Crippen LogP contribution in [0.25, 0.3) is 22.5 Å². The lowest BCUT2D eigenvalue weighted by Crippen LogP contribution is -2.56. The van der Waals surface area contributed by atoms with E-state index in [9.17, 15) is 21.6 Å². The van der Waals surface area contributed by atoms with Crippen molar-refractivity contribution >= 4 is 10.0 Å². The molecule has 0 radical (unpaired) electrons. The Morgan fingerprint density at radius 1 is 1.10 bits per heavy atom. The summed E-state index contributed by atoms with van der Waals surface area (Å²) in [5.41, 5.74) is 0.0933. The molecular formula is C19H20F3N6O2S+. The summed E-state index contributed by atoms with van der Waals surface area (Å²) >= 11 is 0. The number of sulfonamides is 1. The largest absolute Gasteiger partial charge is 0.417 e. The van der Waals surface area contributed by atoms with Gasteiger partial charge in [0.25, 0.3) is 0 Å². The van der Waals surface area contributed by atoms with Crippen LogP contribution in [0.3, 0.4) is 0 Å². The zero-order valence-electron chi connectivity index (χ0n) is 16.7. The Bertz CT molecular complexity index is 1210. The zero-order chi connectivity index (χ0) is 22.6. The molecule has 0 saturated carbocycles. The molecule has 3 N–H and O–H groups in total. The van der Waals surface area contributed by atoms with Crippen LogP contribution in [-0.2, 0) is 16.2 Å². The van der Waals surface area contributed by atoms with E-state index in [1.54, 1.807) is 12.1 Å². The number of primary sulfonamides is 1. The summed E-state index contributed by atoms with van der Waals surface area (Å²) in [6.45, 7) is 1.98. The van der Waals surface area contributed by atoms with Crippen LogP contribution in [0.5, 0.6) is 0 Å². The van der Waals surface area contributed by atoms with Crippen molar-refractivity contribution in [2.24, 2.45) is 5.14 Å². The number of nitrogens with one attached hydrogen (secondary N) is 1. The number of hydrogen-bond donors (Lipinski definition) is 2. The van der Waals surface area contributed by atoms with Crippen molar-refractivity contribution in [1.29, 1.82) is 0 Å². The molecule has 0 amide bonds. The molecule has 1 saturated heterocycles. The van der Waals surface area contributed by atoms with E-state index in [0.717, 1.165) is 23.1 Å². The van der Waals surface area contributed by atoms with Crippen LogP contribution in [0.2, 0.25) is 0 Å². The van der Waals surface area contributed by atoms with Crippen LogP contribution in [0.1, 0.15) is 17.0 Å². The Morgan fingerprint density at radius 3 is 2.23 bits per heavy atom. The lowest BCUT2D eigenvalue weighted by Gasteiger charge is -2.44. The maximum atomic E-state index is 13.6. The van der Waals surface area contributed by atoms with E-state index >= 15 is 0 Å². The van der Waals surface area contributed by atoms with Crippen LogP contribution in [0.15, 0.2) is 41.3 Å². The smallest absolute Gasteiger partial charge is 0.327 e. The second-order valence-corrected chi connectivity index (χ2v) is 9.76. The summed E-state index contributed by atoms with van der Waals surface area (Å²) in [6, 6.07) is 9.18. The number of alkyl halides is 3. The first-order valence-corrected chi connectivity index (χ1v) is 10.8. The van der Waals surface area contributed by atoms with Crippen molar-refractivity contribution in [3.05, 3.63) is 47.5 Å². The monoisotopic (exact) mass is 453 g/mol. The van der Waals surface area contributed by atoms with Gasteiger partial charge in [0.1, 0.15) is 4.90 Å². The summed E-state index contributed by atoms with van der Waals surface area (Å²) in [5.74, 6) is 0.0977. The first-order valence-electron chi connectivity index (χ1n) is 9.30. The molecule has 2 heterocycles. The molecule has 0 aliphatic carbocycles. The Kier molecular flexibility index (Phi) is 4.91. The number of aromatic nitrogens is 4. The minimum atomic E-state index is -4.95. The van der Waals surface area contributed by atoms with E-state index in [-0.39, 0.29) is 17.0 Å². The van der Waals surface area contributed by atoms with Crippen molar-refractivity contribution in [3.8, 4) is 22.5 Å². The maximum absolute atomic E-state index is 13.6. The average Bonchev–Trinajstić information content (AvgIpc) is 3.18. The van der Waals surface area contributed by atoms with Crippen molar-refractivity contribution in [3.63, 3.8) is 0 Å². The van der Waals surface area contributed by atoms with E-state index in [2.05, 4.69) is 34.7 Å². The number of rotatable bonds is 4. The van der Waals surface area contributed by atoms with Crippen molar-refractivity contribution in [2.45, 2.75) is 17.0 Å². The predicted octanol–water partition coefficient (Wildman–Crippen LogP) is 2.37. The molecule has 4 rings (SSSR count). The van der Waals surface area contributed by atoms with E-state index < -0.39 is 26.7 Å². The molecule has 1 aromatic heterocycles. The Morgan fingerprint density at radius 2 is 1.74 bits per heavy atom. The van der Waals surface area contributed by atoms with E-state index in [1.807, 2.05) is 12.1 Å². The molecule has 1 aliphatic rings. The summed E-state index contributed by atoms with van der Waals surface area (Å²) in [6.07, 6.45) is -4.95. The quantitative estimate of drug-likeness (QED) is 0.589. The van der Waals surface area contributed by atoms with Crippen molar-refractivity contribution in [2.75, 3.05) is 27.2 Å². The number of H-pyrrole nitrogens is 1. The molecule has 3 aromatic rings. The average molecular weight is 453 g/mol. The van der Waals surface area contributed by atoms with E-state index in [4.69, 9.17) is 5.14 Å². The van der Waals surface area contributed by atoms with Crippen LogP contribution >= 0.6 is 0 Å². The van der Waals surface area contributed by atoms with Crippen molar-refractivity contribution in [1.82, 2.24) is 20.6 Å². The highest BCUT2D eigenvalue weighted by atomic mass is 32.2. The maximum Gasteiger partial charge on any atom is 0.417 e. The second-order valence-electron chi connectivity index (χ2n) is 8.26. The summed E-state index contributed by atoms with van der Waals surface area (Å²) in [5, 5.41) is 18.1. The molecular weight excluding hydrogens is 433 g/mol. The highest BCUT2D eigenvalue weighted by Crippen LogP contribution is 2.43. The van der Waals surface area contributed by atoms with Gasteiger partial charge < -0.3 is 4.48 Å². The SMILES string of the molecule is C[N+]1(C)CC(c2ccc(-c3ccc(C(F)(F)F)c(S(N)(=O)=O)c3-c3nn[nH]n3)cc2)C1. The van der Waals surface area contributed by atoms with Gasteiger partial charge in [-0.05, 0) is 28.0 Å². The predicted molar refractivity (Wildman–Crippen MR) is 106 cm³/mol. The van der Waals surface area contributed by atoms with E-state index in [1.165, 1.54) is 6.07 Å². The molecule has 0 atom stereocenters. The standard InChI is InChI=1S/C19H20F3N6O2S/c1-28(2)9-13(10-28)11-3-5-12(6-4-11)14-7-8-15(19(20,21)22)17(31(23,29)30)16(14)18-24-26-27-25-18/h3-8,13H,9-10H2,1-2H3,(H2,23,29,30)(H,24,25,26,27)/q+1. The molecule has 0 spiro atoms. The molecule has 12 heteroatoms. The molecule has 0 bridgehead atoms. The zero-order valence-corrected chi connectivity index (χ0v) is 17.5. The molecule has 164 valence electrons. The third kappa shape index (κ3) is 4.05.